The number of rotatable bonds is 19. The Morgan fingerprint density at radius 3 is 1.24 bits per heavy atom. The highest BCUT2D eigenvalue weighted by atomic mass is 32.1. The van der Waals surface area contributed by atoms with Gasteiger partial charge in [0.15, 0.2) is 0 Å². The van der Waals surface area contributed by atoms with Crippen LogP contribution < -0.4 is 23.8 Å². The van der Waals surface area contributed by atoms with Crippen LogP contribution in [-0.4, -0.2) is 65.4 Å². The zero-order valence-electron chi connectivity index (χ0n) is 56.0. The van der Waals surface area contributed by atoms with Gasteiger partial charge in [-0.15, -0.1) is 22.7 Å². The molecule has 12 nitrogen and oxygen atoms in total. The Hall–Kier alpha value is -8.68. The molecular weight excluding hydrogens is 1210 g/mol. The minimum atomic E-state index is -0.334. The molecule has 11 rings (SSSR count). The van der Waals surface area contributed by atoms with Crippen LogP contribution in [0.5, 0.6) is 23.0 Å². The van der Waals surface area contributed by atoms with Gasteiger partial charge in [-0.25, -0.2) is 9.97 Å². The molecule has 3 aromatic carbocycles. The first-order valence-electron chi connectivity index (χ1n) is 31.9. The van der Waals surface area contributed by atoms with Gasteiger partial charge in [0, 0.05) is 96.3 Å². The van der Waals surface area contributed by atoms with E-state index in [9.17, 15) is 10.1 Å². The van der Waals surface area contributed by atoms with Crippen molar-refractivity contribution in [1.29, 1.82) is 0 Å². The summed E-state index contributed by atoms with van der Waals surface area (Å²) in [5.41, 5.74) is 13.5. The first-order chi connectivity index (χ1) is 44.1. The van der Waals surface area contributed by atoms with Crippen LogP contribution in [0.1, 0.15) is 143 Å². The van der Waals surface area contributed by atoms with E-state index in [1.165, 1.54) is 11.3 Å². The summed E-state index contributed by atoms with van der Waals surface area (Å²) >= 11 is 4.48. The van der Waals surface area contributed by atoms with Gasteiger partial charge >= 0.3 is 5.00 Å². The Labute approximate surface area is 559 Å². The predicted octanol–water partition coefficient (Wildman–Crippen LogP) is 21.8. The quantitative estimate of drug-likeness (QED) is 0.0460. The van der Waals surface area contributed by atoms with Crippen molar-refractivity contribution in [2.24, 2.45) is 21.7 Å². The summed E-state index contributed by atoms with van der Waals surface area (Å²) in [6.45, 7) is 28.9. The van der Waals surface area contributed by atoms with E-state index in [4.69, 9.17) is 28.9 Å². The third-order valence-corrected chi connectivity index (χ3v) is 19.6. The molecule has 0 aliphatic carbocycles. The number of benzene rings is 3. The number of hydrogen-bond acceptors (Lipinski definition) is 12. The number of nitrogens with one attached hydrogen (secondary N) is 2. The monoisotopic (exact) mass is 1300 g/mol. The molecule has 2 aliphatic rings. The molecule has 8 bridgehead atoms. The highest BCUT2D eigenvalue weighted by molar-refractivity contribution is 7.27. The summed E-state index contributed by atoms with van der Waals surface area (Å²) in [6, 6.07) is 41.1. The minimum Gasteiger partial charge on any atom is -0.493 e. The summed E-state index contributed by atoms with van der Waals surface area (Å²) in [6.07, 6.45) is 11.8. The van der Waals surface area contributed by atoms with Crippen molar-refractivity contribution < 1.29 is 23.9 Å². The van der Waals surface area contributed by atoms with Gasteiger partial charge in [-0.2, -0.15) is 0 Å². The van der Waals surface area contributed by atoms with Gasteiger partial charge in [-0.05, 0) is 186 Å². The van der Waals surface area contributed by atoms with Gasteiger partial charge in [0.25, 0.3) is 0 Å². The molecule has 0 saturated heterocycles. The molecule has 2 aliphatic heterocycles. The number of aromatic amines is 2. The maximum absolute atomic E-state index is 11.7. The first-order valence-corrected chi connectivity index (χ1v) is 34.3. The Morgan fingerprint density at radius 1 is 0.441 bits per heavy atom. The third kappa shape index (κ3) is 16.8. The van der Waals surface area contributed by atoms with E-state index < -0.39 is 0 Å². The second-order valence-electron chi connectivity index (χ2n) is 28.9. The molecule has 480 valence electrons. The fourth-order valence-corrected chi connectivity index (χ4v) is 13.7. The first kappa shape index (κ1) is 65.8. The zero-order valence-corrected chi connectivity index (χ0v) is 58.4. The van der Waals surface area contributed by atoms with Crippen molar-refractivity contribution in [3.63, 3.8) is 0 Å². The second-order valence-corrected chi connectivity index (χ2v) is 32.2. The molecule has 2 N–H and O–H groups in total. The van der Waals surface area contributed by atoms with Crippen LogP contribution in [0.2, 0.25) is 0 Å². The van der Waals surface area contributed by atoms with E-state index in [1.807, 2.05) is 38.4 Å². The lowest BCUT2D eigenvalue weighted by Gasteiger charge is -2.20. The molecular formula is C78H84N6O6S3. The Bertz CT molecular complexity index is 4460. The molecule has 0 unspecified atom stereocenters. The standard InChI is InChI=1S/C78H84N6O6S3/c1-75(2,3)35-39-87-53-43-50(44-54(47-53)88-40-36-76(4,5)6)72-60-23-21-58(79-60)57(20-17-49-15-18-52(19-16-49)83(13)14)59-22-24-64(80-59)74(70-32-31-67(92-70)66-29-30-68(91-66)69-33-34-71(93-69)84(85)86)65-28-27-63(82-65)73(62-26-25-61(72)81-62)51-45-55(89-41-37-77(7,8)9)48-56(46-51)90-42-38-78(10,11)12/h15-16,18-19,21-34,43-48,79,82H,35-42H2,1-14H3. The average molecular weight is 1300 g/mol. The van der Waals surface area contributed by atoms with Crippen molar-refractivity contribution in [3.8, 4) is 87.0 Å². The topological polar surface area (TPSA) is 141 Å². The Kier molecular flexibility index (Phi) is 19.2. The van der Waals surface area contributed by atoms with Crippen molar-refractivity contribution in [2.75, 3.05) is 45.4 Å². The van der Waals surface area contributed by atoms with E-state index in [0.29, 0.717) is 55.1 Å². The lowest BCUT2D eigenvalue weighted by atomic mass is 9.93. The van der Waals surface area contributed by atoms with E-state index in [-0.39, 0.29) is 31.6 Å². The van der Waals surface area contributed by atoms with Crippen LogP contribution in [0.3, 0.4) is 0 Å². The molecule has 93 heavy (non-hydrogen) atoms. The second kappa shape index (κ2) is 27.1. The molecule has 0 spiro atoms. The number of nitro groups is 1. The number of aromatic nitrogens is 4. The van der Waals surface area contributed by atoms with Gasteiger partial charge in [0.2, 0.25) is 0 Å². The maximum atomic E-state index is 11.7. The van der Waals surface area contributed by atoms with Crippen LogP contribution >= 0.6 is 34.0 Å². The van der Waals surface area contributed by atoms with Crippen LogP contribution in [-0.2, 0) is 0 Å². The fraction of sp³-hybridized carbons (Fsp3) is 0.333. The fourth-order valence-electron chi connectivity index (χ4n) is 10.6. The summed E-state index contributed by atoms with van der Waals surface area (Å²) in [7, 11) is 4.07. The van der Waals surface area contributed by atoms with E-state index >= 15 is 0 Å². The average Bonchev–Trinajstić information content (AvgIpc) is 1.65. The van der Waals surface area contributed by atoms with E-state index in [0.717, 1.165) is 134 Å². The maximum Gasteiger partial charge on any atom is 0.324 e. The van der Waals surface area contributed by atoms with Gasteiger partial charge < -0.3 is 33.8 Å². The third-order valence-electron chi connectivity index (χ3n) is 16.0. The number of thiophene rings is 3. The Balaban J connectivity index is 1.19. The highest BCUT2D eigenvalue weighted by Crippen LogP contribution is 2.46. The zero-order chi connectivity index (χ0) is 66.0. The van der Waals surface area contributed by atoms with Crippen LogP contribution in [0.25, 0.3) is 98.6 Å². The summed E-state index contributed by atoms with van der Waals surface area (Å²) in [4.78, 5) is 37.5. The smallest absolute Gasteiger partial charge is 0.324 e. The number of ether oxygens (including phenoxy) is 4. The molecule has 8 heterocycles. The number of anilines is 1. The molecule has 6 aromatic heterocycles. The lowest BCUT2D eigenvalue weighted by Crippen LogP contribution is -2.12. The number of H-pyrrole nitrogens is 2. The molecule has 0 amide bonds. The van der Waals surface area contributed by atoms with Gasteiger partial charge in [0.05, 0.1) is 70.1 Å². The molecule has 15 heteroatoms. The van der Waals surface area contributed by atoms with E-state index in [1.54, 1.807) is 28.7 Å². The molecule has 0 saturated carbocycles. The summed E-state index contributed by atoms with van der Waals surface area (Å²) < 4.78 is 26.8. The van der Waals surface area contributed by atoms with Gasteiger partial charge in [0.1, 0.15) is 23.0 Å². The number of nitrogens with zero attached hydrogens (tertiary/aromatic N) is 4. The molecule has 0 fully saturated rings. The van der Waals surface area contributed by atoms with Crippen molar-refractivity contribution in [1.82, 2.24) is 19.9 Å². The Morgan fingerprint density at radius 2 is 0.806 bits per heavy atom. The largest absolute Gasteiger partial charge is 0.493 e. The van der Waals surface area contributed by atoms with Crippen LogP contribution in [0.15, 0.2) is 121 Å². The van der Waals surface area contributed by atoms with Crippen LogP contribution in [0.4, 0.5) is 10.7 Å². The van der Waals surface area contributed by atoms with Gasteiger partial charge in [-0.1, -0.05) is 106 Å². The van der Waals surface area contributed by atoms with Crippen LogP contribution in [0, 0.1) is 43.6 Å². The molecule has 0 radical (unpaired) electrons. The van der Waals surface area contributed by atoms with E-state index in [2.05, 4.69) is 225 Å². The summed E-state index contributed by atoms with van der Waals surface area (Å²) in [5.74, 6) is 9.96. The van der Waals surface area contributed by atoms with Crippen molar-refractivity contribution in [2.45, 2.75) is 109 Å². The number of fused-ring (bicyclic) bond motifs is 8. The molecule has 0 atom stereocenters. The van der Waals surface area contributed by atoms with Crippen molar-refractivity contribution >= 4 is 91.1 Å². The lowest BCUT2D eigenvalue weighted by molar-refractivity contribution is -0.380. The summed E-state index contributed by atoms with van der Waals surface area (Å²) in [5, 5.41) is 11.8. The van der Waals surface area contributed by atoms with Crippen molar-refractivity contribution in [3.05, 3.63) is 165 Å². The minimum absolute atomic E-state index is 0.0615. The predicted molar refractivity (Wildman–Crippen MR) is 391 cm³/mol. The number of hydrogen-bond donors (Lipinski definition) is 2. The normalized spacial score (nSPS) is 12.5. The SMILES string of the molecule is CN(C)c1ccc(C#Cc2c3nc(c(-c4ccc(-c5ccc(-c6ccc([N+](=O)[O-])s6)s5)s4)c4ccc([nH]4)c(-c4cc(OCCC(C)(C)C)cc(OCCC(C)(C)C)c4)c4nc(c(-c5cc(OCCC(C)(C)C)cc(OCCC(C)(C)C)c5)c5ccc2[nH]5)C=C4)C=C3)cc1. The molecule has 9 aromatic rings. The van der Waals surface area contributed by atoms with Gasteiger partial charge in [-0.3, -0.25) is 10.1 Å². The highest BCUT2D eigenvalue weighted by Gasteiger charge is 2.24.